The SMILES string of the molecule is Cc1nsc2cc(C(N)CCC(=O)O)ccc12. The van der Waals surface area contributed by atoms with E-state index in [1.165, 1.54) is 11.5 Å². The zero-order valence-electron chi connectivity index (χ0n) is 9.51. The topological polar surface area (TPSA) is 76.2 Å². The van der Waals surface area contributed by atoms with Crippen molar-refractivity contribution in [2.24, 2.45) is 5.73 Å². The monoisotopic (exact) mass is 250 g/mol. The number of nitrogens with two attached hydrogens (primary N) is 1. The van der Waals surface area contributed by atoms with Gasteiger partial charge in [0.05, 0.1) is 10.4 Å². The van der Waals surface area contributed by atoms with Crippen LogP contribution < -0.4 is 5.73 Å². The third-order valence-electron chi connectivity index (χ3n) is 2.77. The van der Waals surface area contributed by atoms with Crippen LogP contribution in [-0.2, 0) is 4.79 Å². The van der Waals surface area contributed by atoms with Gasteiger partial charge in [0.2, 0.25) is 0 Å². The Kier molecular flexibility index (Phi) is 3.40. The van der Waals surface area contributed by atoms with Gasteiger partial charge in [-0.1, -0.05) is 12.1 Å². The van der Waals surface area contributed by atoms with Crippen molar-refractivity contribution >= 4 is 27.6 Å². The van der Waals surface area contributed by atoms with E-state index in [1.54, 1.807) is 0 Å². The molecule has 3 N–H and O–H groups in total. The molecule has 0 aliphatic heterocycles. The van der Waals surface area contributed by atoms with Crippen LogP contribution in [0.15, 0.2) is 18.2 Å². The van der Waals surface area contributed by atoms with Gasteiger partial charge in [0.15, 0.2) is 0 Å². The highest BCUT2D eigenvalue weighted by atomic mass is 32.1. The van der Waals surface area contributed by atoms with Crippen LogP contribution in [0.4, 0.5) is 0 Å². The molecule has 1 heterocycles. The fraction of sp³-hybridized carbons (Fsp3) is 0.333. The molecule has 0 aliphatic carbocycles. The summed E-state index contributed by atoms with van der Waals surface area (Å²) in [5, 5.41) is 9.76. The lowest BCUT2D eigenvalue weighted by Crippen LogP contribution is -2.12. The van der Waals surface area contributed by atoms with E-state index in [9.17, 15) is 4.79 Å². The number of carboxylic acids is 1. The van der Waals surface area contributed by atoms with Gasteiger partial charge in [-0.3, -0.25) is 4.79 Å². The van der Waals surface area contributed by atoms with E-state index in [1.807, 2.05) is 25.1 Å². The summed E-state index contributed by atoms with van der Waals surface area (Å²) in [5.74, 6) is -0.810. The maximum Gasteiger partial charge on any atom is 0.303 e. The van der Waals surface area contributed by atoms with E-state index < -0.39 is 5.97 Å². The van der Waals surface area contributed by atoms with Gasteiger partial charge in [-0.25, -0.2) is 0 Å². The number of aliphatic carboxylic acids is 1. The van der Waals surface area contributed by atoms with Crippen molar-refractivity contribution in [1.82, 2.24) is 4.37 Å². The average Bonchev–Trinajstić information content (AvgIpc) is 2.67. The molecule has 1 unspecified atom stereocenters. The van der Waals surface area contributed by atoms with Crippen LogP contribution in [0.5, 0.6) is 0 Å². The molecule has 2 rings (SSSR count). The van der Waals surface area contributed by atoms with Crippen molar-refractivity contribution in [3.05, 3.63) is 29.5 Å². The van der Waals surface area contributed by atoms with Gasteiger partial charge in [-0.2, -0.15) is 4.37 Å². The van der Waals surface area contributed by atoms with Gasteiger partial charge < -0.3 is 10.8 Å². The lowest BCUT2D eigenvalue weighted by molar-refractivity contribution is -0.137. The number of nitrogens with zero attached hydrogens (tertiary/aromatic N) is 1. The minimum absolute atomic E-state index is 0.0981. The first-order valence-electron chi connectivity index (χ1n) is 5.41. The zero-order chi connectivity index (χ0) is 12.4. The lowest BCUT2D eigenvalue weighted by atomic mass is 10.0. The molecule has 0 fully saturated rings. The molecular weight excluding hydrogens is 236 g/mol. The number of hydrogen-bond donors (Lipinski definition) is 2. The third kappa shape index (κ3) is 2.62. The van der Waals surface area contributed by atoms with Crippen LogP contribution in [0.1, 0.15) is 30.1 Å². The zero-order valence-corrected chi connectivity index (χ0v) is 10.3. The highest BCUT2D eigenvalue weighted by Crippen LogP contribution is 2.26. The smallest absolute Gasteiger partial charge is 0.303 e. The minimum Gasteiger partial charge on any atom is -0.481 e. The molecule has 0 saturated carbocycles. The molecule has 17 heavy (non-hydrogen) atoms. The summed E-state index contributed by atoms with van der Waals surface area (Å²) in [7, 11) is 0. The number of rotatable bonds is 4. The van der Waals surface area contributed by atoms with E-state index >= 15 is 0 Å². The second kappa shape index (κ2) is 4.81. The molecule has 2 aromatic rings. The van der Waals surface area contributed by atoms with Crippen LogP contribution in [-0.4, -0.2) is 15.4 Å². The minimum atomic E-state index is -0.810. The van der Waals surface area contributed by atoms with E-state index in [2.05, 4.69) is 4.37 Å². The molecule has 1 atom stereocenters. The van der Waals surface area contributed by atoms with E-state index in [-0.39, 0.29) is 12.5 Å². The molecule has 0 radical (unpaired) electrons. The Balaban J connectivity index is 2.21. The molecule has 5 heteroatoms. The molecule has 1 aromatic heterocycles. The molecule has 1 aromatic carbocycles. The fourth-order valence-corrected chi connectivity index (χ4v) is 2.59. The normalized spacial score (nSPS) is 12.8. The van der Waals surface area contributed by atoms with Crippen LogP contribution in [0.3, 0.4) is 0 Å². The summed E-state index contributed by atoms with van der Waals surface area (Å²) in [6, 6.07) is 5.74. The standard InChI is InChI=1S/C12H14N2O2S/c1-7-9-3-2-8(6-11(9)17-14-7)10(13)4-5-12(15)16/h2-3,6,10H,4-5,13H2,1H3,(H,15,16). The first-order valence-corrected chi connectivity index (χ1v) is 6.18. The molecule has 0 amide bonds. The molecule has 0 saturated heterocycles. The highest BCUT2D eigenvalue weighted by molar-refractivity contribution is 7.13. The van der Waals surface area contributed by atoms with Crippen molar-refractivity contribution in [1.29, 1.82) is 0 Å². The summed E-state index contributed by atoms with van der Waals surface area (Å²) < 4.78 is 5.38. The van der Waals surface area contributed by atoms with Crippen LogP contribution in [0, 0.1) is 6.92 Å². The molecule has 4 nitrogen and oxygen atoms in total. The number of fused-ring (bicyclic) bond motifs is 1. The van der Waals surface area contributed by atoms with Crippen molar-refractivity contribution < 1.29 is 9.90 Å². The lowest BCUT2D eigenvalue weighted by Gasteiger charge is -2.10. The van der Waals surface area contributed by atoms with Gasteiger partial charge in [-0.05, 0) is 36.5 Å². The summed E-state index contributed by atoms with van der Waals surface area (Å²) in [6.45, 7) is 1.98. The number of hydrogen-bond acceptors (Lipinski definition) is 4. The van der Waals surface area contributed by atoms with Crippen molar-refractivity contribution in [2.45, 2.75) is 25.8 Å². The Morgan fingerprint density at radius 1 is 1.59 bits per heavy atom. The molecular formula is C12H14N2O2S. The molecule has 0 spiro atoms. The van der Waals surface area contributed by atoms with Crippen molar-refractivity contribution in [3.63, 3.8) is 0 Å². The maximum atomic E-state index is 10.5. The Morgan fingerprint density at radius 2 is 2.35 bits per heavy atom. The van der Waals surface area contributed by atoms with Crippen molar-refractivity contribution in [3.8, 4) is 0 Å². The van der Waals surface area contributed by atoms with Crippen LogP contribution in [0.25, 0.3) is 10.1 Å². The second-order valence-corrected chi connectivity index (χ2v) is 4.87. The fourth-order valence-electron chi connectivity index (χ4n) is 1.76. The second-order valence-electron chi connectivity index (χ2n) is 4.06. The first-order chi connectivity index (χ1) is 8.08. The first kappa shape index (κ1) is 12.0. The Hall–Kier alpha value is -1.46. The van der Waals surface area contributed by atoms with Gasteiger partial charge in [0.1, 0.15) is 0 Å². The number of benzene rings is 1. The average molecular weight is 250 g/mol. The Morgan fingerprint density at radius 3 is 3.06 bits per heavy atom. The van der Waals surface area contributed by atoms with Crippen LogP contribution in [0.2, 0.25) is 0 Å². The molecule has 0 bridgehead atoms. The van der Waals surface area contributed by atoms with Gasteiger partial charge in [-0.15, -0.1) is 0 Å². The van der Waals surface area contributed by atoms with Crippen LogP contribution >= 0.6 is 11.5 Å². The largest absolute Gasteiger partial charge is 0.481 e. The van der Waals surface area contributed by atoms with E-state index in [0.717, 1.165) is 21.3 Å². The number of carboxylic acid groups (broad SMARTS) is 1. The Bertz CT molecular complexity index is 550. The highest BCUT2D eigenvalue weighted by Gasteiger charge is 2.10. The quantitative estimate of drug-likeness (QED) is 0.874. The summed E-state index contributed by atoms with van der Waals surface area (Å²) in [5.41, 5.74) is 7.96. The number of aromatic nitrogens is 1. The molecule has 0 aliphatic rings. The van der Waals surface area contributed by atoms with Gasteiger partial charge in [0, 0.05) is 17.8 Å². The molecule has 90 valence electrons. The van der Waals surface area contributed by atoms with Crippen molar-refractivity contribution in [2.75, 3.05) is 0 Å². The summed E-state index contributed by atoms with van der Waals surface area (Å²) in [4.78, 5) is 10.5. The summed E-state index contributed by atoms with van der Waals surface area (Å²) >= 11 is 1.45. The maximum absolute atomic E-state index is 10.5. The predicted molar refractivity (Wildman–Crippen MR) is 68.2 cm³/mol. The number of carbonyl (C=O) groups is 1. The van der Waals surface area contributed by atoms with Gasteiger partial charge >= 0.3 is 5.97 Å². The summed E-state index contributed by atoms with van der Waals surface area (Å²) in [6.07, 6.45) is 0.555. The predicted octanol–water partition coefficient (Wildman–Crippen LogP) is 2.47. The number of aryl methyl sites for hydroxylation is 1. The van der Waals surface area contributed by atoms with E-state index in [4.69, 9.17) is 10.8 Å². The van der Waals surface area contributed by atoms with E-state index in [0.29, 0.717) is 6.42 Å². The Labute approximate surface area is 103 Å². The third-order valence-corrected chi connectivity index (χ3v) is 3.67. The van der Waals surface area contributed by atoms with Gasteiger partial charge in [0.25, 0.3) is 0 Å².